The molecule has 0 spiro atoms. The summed E-state index contributed by atoms with van der Waals surface area (Å²) in [5.74, 6) is 1.72. The topological polar surface area (TPSA) is 0 Å². The van der Waals surface area contributed by atoms with Crippen LogP contribution in [0.2, 0.25) is 5.82 Å². The standard InChI is InChI=1S/C5H11BS/c1-4(3-7)5(2)6/h4-5,7H,3H2,1-2H3. The molecule has 0 aromatic carbocycles. The molecule has 40 valence electrons. The Morgan fingerprint density at radius 2 is 2.00 bits per heavy atom. The zero-order valence-electron chi connectivity index (χ0n) is 4.89. The van der Waals surface area contributed by atoms with Gasteiger partial charge in [-0.15, -0.1) is 0 Å². The minimum atomic E-state index is 0.289. The van der Waals surface area contributed by atoms with Crippen molar-refractivity contribution < 1.29 is 0 Å². The van der Waals surface area contributed by atoms with E-state index in [4.69, 9.17) is 7.85 Å². The summed E-state index contributed by atoms with van der Waals surface area (Å²) in [7, 11) is 5.50. The Kier molecular flexibility index (Phi) is 3.62. The number of hydrogen-bond acceptors (Lipinski definition) is 1. The monoisotopic (exact) mass is 114 g/mol. The third-order valence-electron chi connectivity index (χ3n) is 1.19. The van der Waals surface area contributed by atoms with E-state index in [0.29, 0.717) is 5.92 Å². The number of rotatable bonds is 2. The van der Waals surface area contributed by atoms with Gasteiger partial charge < -0.3 is 0 Å². The fourth-order valence-corrected chi connectivity index (χ4v) is 0.499. The maximum absolute atomic E-state index is 5.50. The maximum Gasteiger partial charge on any atom is 0.0699 e. The van der Waals surface area contributed by atoms with Gasteiger partial charge in [0.2, 0.25) is 0 Å². The smallest absolute Gasteiger partial charge is 0.0699 e. The third kappa shape index (κ3) is 3.04. The van der Waals surface area contributed by atoms with E-state index in [2.05, 4.69) is 19.6 Å². The summed E-state index contributed by atoms with van der Waals surface area (Å²) < 4.78 is 0. The van der Waals surface area contributed by atoms with Crippen molar-refractivity contribution >= 4 is 20.5 Å². The van der Waals surface area contributed by atoms with E-state index < -0.39 is 0 Å². The molecule has 0 rings (SSSR count). The summed E-state index contributed by atoms with van der Waals surface area (Å²) in [6.07, 6.45) is 0. The summed E-state index contributed by atoms with van der Waals surface area (Å²) in [6.45, 7) is 4.10. The van der Waals surface area contributed by atoms with E-state index in [9.17, 15) is 0 Å². The SMILES string of the molecule is [B]C(C)C(C)CS. The molecule has 0 aliphatic carbocycles. The van der Waals surface area contributed by atoms with Crippen LogP contribution in [0.1, 0.15) is 13.8 Å². The normalized spacial score (nSPS) is 18.7. The molecule has 2 atom stereocenters. The molecular weight excluding hydrogens is 103 g/mol. The second-order valence-electron chi connectivity index (χ2n) is 2.02. The van der Waals surface area contributed by atoms with Gasteiger partial charge in [-0.25, -0.2) is 0 Å². The van der Waals surface area contributed by atoms with Crippen molar-refractivity contribution in [3.8, 4) is 0 Å². The first kappa shape index (κ1) is 7.41. The Morgan fingerprint density at radius 3 is 2.00 bits per heavy atom. The molecule has 0 saturated heterocycles. The van der Waals surface area contributed by atoms with Crippen LogP contribution in [0.3, 0.4) is 0 Å². The minimum Gasteiger partial charge on any atom is -0.179 e. The Hall–Kier alpha value is 0.415. The van der Waals surface area contributed by atoms with Crippen LogP contribution in [0.5, 0.6) is 0 Å². The van der Waals surface area contributed by atoms with Gasteiger partial charge in [-0.05, 0) is 11.7 Å². The Labute approximate surface area is 52.5 Å². The van der Waals surface area contributed by atoms with Crippen LogP contribution in [0, 0.1) is 5.92 Å². The molecule has 2 heteroatoms. The highest BCUT2D eigenvalue weighted by atomic mass is 32.1. The molecule has 0 fully saturated rings. The highest BCUT2D eigenvalue weighted by molar-refractivity contribution is 7.80. The zero-order valence-corrected chi connectivity index (χ0v) is 5.78. The Morgan fingerprint density at radius 1 is 1.57 bits per heavy atom. The second-order valence-corrected chi connectivity index (χ2v) is 2.38. The molecule has 0 saturated carbocycles. The van der Waals surface area contributed by atoms with Crippen molar-refractivity contribution in [2.75, 3.05) is 5.75 Å². The summed E-state index contributed by atoms with van der Waals surface area (Å²) in [5, 5.41) is 0. The predicted molar refractivity (Wildman–Crippen MR) is 38.2 cm³/mol. The summed E-state index contributed by atoms with van der Waals surface area (Å²) in [5.41, 5.74) is 0. The summed E-state index contributed by atoms with van der Waals surface area (Å²) >= 11 is 4.07. The van der Waals surface area contributed by atoms with Crippen LogP contribution in [-0.2, 0) is 0 Å². The first-order valence-corrected chi connectivity index (χ1v) is 3.18. The van der Waals surface area contributed by atoms with Gasteiger partial charge >= 0.3 is 0 Å². The average Bonchev–Trinajstić information content (AvgIpc) is 1.65. The second kappa shape index (κ2) is 3.42. The van der Waals surface area contributed by atoms with E-state index in [1.165, 1.54) is 0 Å². The lowest BCUT2D eigenvalue weighted by atomic mass is 9.80. The van der Waals surface area contributed by atoms with Gasteiger partial charge in [0.1, 0.15) is 0 Å². The quantitative estimate of drug-likeness (QED) is 0.408. The van der Waals surface area contributed by atoms with Gasteiger partial charge in [-0.3, -0.25) is 0 Å². The number of thiol groups is 1. The van der Waals surface area contributed by atoms with Crippen molar-refractivity contribution in [2.24, 2.45) is 5.92 Å². The molecule has 0 aliphatic heterocycles. The molecule has 2 unspecified atom stereocenters. The Bertz CT molecular complexity index is 45.3. The van der Waals surface area contributed by atoms with E-state index in [1.807, 2.05) is 6.92 Å². The van der Waals surface area contributed by atoms with Gasteiger partial charge in [0.25, 0.3) is 0 Å². The molecule has 0 N–H and O–H groups in total. The van der Waals surface area contributed by atoms with Crippen molar-refractivity contribution in [2.45, 2.75) is 19.7 Å². The van der Waals surface area contributed by atoms with Gasteiger partial charge in [-0.2, -0.15) is 12.6 Å². The van der Waals surface area contributed by atoms with Crippen LogP contribution < -0.4 is 0 Å². The highest BCUT2D eigenvalue weighted by Crippen LogP contribution is 2.12. The van der Waals surface area contributed by atoms with Gasteiger partial charge in [0.15, 0.2) is 0 Å². The molecule has 2 radical (unpaired) electrons. The minimum absolute atomic E-state index is 0.289. The maximum atomic E-state index is 5.50. The van der Waals surface area contributed by atoms with E-state index in [1.54, 1.807) is 0 Å². The molecule has 0 aliphatic rings. The van der Waals surface area contributed by atoms with E-state index >= 15 is 0 Å². The first-order valence-electron chi connectivity index (χ1n) is 2.55. The van der Waals surface area contributed by atoms with Crippen LogP contribution in [0.15, 0.2) is 0 Å². The lowest BCUT2D eigenvalue weighted by Crippen LogP contribution is -2.02. The highest BCUT2D eigenvalue weighted by Gasteiger charge is 2.01. The van der Waals surface area contributed by atoms with Gasteiger partial charge in [0.05, 0.1) is 7.85 Å². The van der Waals surface area contributed by atoms with Crippen molar-refractivity contribution in [1.82, 2.24) is 0 Å². The fourth-order valence-electron chi connectivity index (χ4n) is 0.166. The van der Waals surface area contributed by atoms with E-state index in [-0.39, 0.29) is 5.82 Å². The Balaban J connectivity index is 3.14. The van der Waals surface area contributed by atoms with Gasteiger partial charge in [0, 0.05) is 0 Å². The fraction of sp³-hybridized carbons (Fsp3) is 1.00. The molecule has 0 aromatic heterocycles. The molecule has 0 heterocycles. The number of hydrogen-bond donors (Lipinski definition) is 1. The van der Waals surface area contributed by atoms with Gasteiger partial charge in [-0.1, -0.05) is 19.7 Å². The molecule has 0 nitrogen and oxygen atoms in total. The van der Waals surface area contributed by atoms with Crippen LogP contribution in [-0.4, -0.2) is 13.6 Å². The molecule has 0 aromatic rings. The molecule has 7 heavy (non-hydrogen) atoms. The van der Waals surface area contributed by atoms with E-state index in [0.717, 1.165) is 5.75 Å². The average molecular weight is 114 g/mol. The largest absolute Gasteiger partial charge is 0.179 e. The third-order valence-corrected chi connectivity index (χ3v) is 1.76. The molecular formula is C5H11BS. The summed E-state index contributed by atoms with van der Waals surface area (Å²) in [4.78, 5) is 0. The van der Waals surface area contributed by atoms with Crippen molar-refractivity contribution in [3.05, 3.63) is 0 Å². The first-order chi connectivity index (χ1) is 3.18. The lowest BCUT2D eigenvalue weighted by molar-refractivity contribution is 0.637. The van der Waals surface area contributed by atoms with Crippen LogP contribution >= 0.6 is 12.6 Å². The van der Waals surface area contributed by atoms with Crippen molar-refractivity contribution in [1.29, 1.82) is 0 Å². The van der Waals surface area contributed by atoms with Crippen molar-refractivity contribution in [3.63, 3.8) is 0 Å². The molecule has 0 bridgehead atoms. The zero-order chi connectivity index (χ0) is 5.86. The van der Waals surface area contributed by atoms with Crippen LogP contribution in [0.25, 0.3) is 0 Å². The van der Waals surface area contributed by atoms with Crippen LogP contribution in [0.4, 0.5) is 0 Å². The lowest BCUT2D eigenvalue weighted by Gasteiger charge is -2.10. The molecule has 0 amide bonds. The predicted octanol–water partition coefficient (Wildman–Crippen LogP) is 1.53. The summed E-state index contributed by atoms with van der Waals surface area (Å²) in [6, 6.07) is 0.